The molecule has 0 fully saturated rings. The molecule has 1 aromatic heterocycles. The Hall–Kier alpha value is -2.08. The molecule has 0 bridgehead atoms. The van der Waals surface area contributed by atoms with Gasteiger partial charge < -0.3 is 19.6 Å². The van der Waals surface area contributed by atoms with E-state index < -0.39 is 0 Å². The molecule has 6 heteroatoms. The molecule has 19 heavy (non-hydrogen) atoms. The van der Waals surface area contributed by atoms with Crippen LogP contribution in [0.25, 0.3) is 0 Å². The van der Waals surface area contributed by atoms with E-state index >= 15 is 0 Å². The average Bonchev–Trinajstić information content (AvgIpc) is 3.04. The first-order valence-electron chi connectivity index (χ1n) is 6.15. The minimum Gasteiger partial charge on any atom is -0.454 e. The maximum absolute atomic E-state index is 5.79. The largest absolute Gasteiger partial charge is 0.454 e. The van der Waals surface area contributed by atoms with E-state index in [1.165, 1.54) is 0 Å². The first-order chi connectivity index (χ1) is 9.26. The van der Waals surface area contributed by atoms with Crippen LogP contribution in [-0.4, -0.2) is 23.5 Å². The van der Waals surface area contributed by atoms with Crippen LogP contribution in [-0.2, 0) is 6.42 Å². The zero-order valence-electron chi connectivity index (χ0n) is 10.6. The van der Waals surface area contributed by atoms with Crippen molar-refractivity contribution in [3.05, 3.63) is 35.5 Å². The summed E-state index contributed by atoms with van der Waals surface area (Å²) in [5.41, 5.74) is 6.90. The topological polar surface area (TPSA) is 83.4 Å². The van der Waals surface area contributed by atoms with Gasteiger partial charge in [0.05, 0.1) is 5.92 Å². The second-order valence-corrected chi connectivity index (χ2v) is 4.48. The summed E-state index contributed by atoms with van der Waals surface area (Å²) >= 11 is 0. The Morgan fingerprint density at radius 3 is 2.84 bits per heavy atom. The van der Waals surface area contributed by atoms with Gasteiger partial charge in [-0.05, 0) is 24.1 Å². The molecule has 1 aliphatic heterocycles. The van der Waals surface area contributed by atoms with E-state index in [4.69, 9.17) is 19.6 Å². The summed E-state index contributed by atoms with van der Waals surface area (Å²) in [6.07, 6.45) is 0.731. The van der Waals surface area contributed by atoms with Crippen LogP contribution in [0, 0.1) is 6.92 Å². The Labute approximate surface area is 110 Å². The number of hydrogen-bond donors (Lipinski definition) is 1. The highest BCUT2D eigenvalue weighted by atomic mass is 16.7. The van der Waals surface area contributed by atoms with E-state index in [2.05, 4.69) is 10.2 Å². The minimum atomic E-state index is 0.0153. The number of nitrogens with two attached hydrogens (primary N) is 1. The minimum absolute atomic E-state index is 0.0153. The molecule has 2 aromatic rings. The van der Waals surface area contributed by atoms with Crippen LogP contribution in [0.15, 0.2) is 22.6 Å². The zero-order chi connectivity index (χ0) is 13.2. The normalized spacial score (nSPS) is 14.6. The van der Waals surface area contributed by atoms with E-state index in [0.717, 1.165) is 23.5 Å². The Kier molecular flexibility index (Phi) is 3.08. The van der Waals surface area contributed by atoms with Gasteiger partial charge in [0.25, 0.3) is 0 Å². The maximum Gasteiger partial charge on any atom is 0.231 e. The van der Waals surface area contributed by atoms with Crippen molar-refractivity contribution < 1.29 is 13.9 Å². The van der Waals surface area contributed by atoms with Crippen LogP contribution >= 0.6 is 0 Å². The number of aryl methyl sites for hydroxylation is 1. The molecule has 2 N–H and O–H groups in total. The van der Waals surface area contributed by atoms with Gasteiger partial charge >= 0.3 is 0 Å². The molecule has 1 atom stereocenters. The highest BCUT2D eigenvalue weighted by Gasteiger charge is 2.19. The highest BCUT2D eigenvalue weighted by molar-refractivity contribution is 5.44. The van der Waals surface area contributed by atoms with Gasteiger partial charge in [-0.3, -0.25) is 0 Å². The smallest absolute Gasteiger partial charge is 0.231 e. The standard InChI is InChI=1S/C13H15N3O3/c1-8-15-16-13(19-8)10(6-14)4-9-2-3-11-12(5-9)18-7-17-11/h2-3,5,10H,4,6-7,14H2,1H3. The zero-order valence-corrected chi connectivity index (χ0v) is 10.6. The van der Waals surface area contributed by atoms with E-state index in [1.54, 1.807) is 6.92 Å². The monoisotopic (exact) mass is 261 g/mol. The van der Waals surface area contributed by atoms with Crippen LogP contribution in [0.1, 0.15) is 23.3 Å². The van der Waals surface area contributed by atoms with E-state index in [-0.39, 0.29) is 12.7 Å². The summed E-state index contributed by atoms with van der Waals surface area (Å²) in [6.45, 7) is 2.50. The predicted octanol–water partition coefficient (Wildman–Crippen LogP) is 1.39. The van der Waals surface area contributed by atoms with Gasteiger partial charge in [-0.2, -0.15) is 0 Å². The van der Waals surface area contributed by atoms with Gasteiger partial charge in [-0.1, -0.05) is 6.07 Å². The van der Waals surface area contributed by atoms with Gasteiger partial charge in [0, 0.05) is 13.5 Å². The lowest BCUT2D eigenvalue weighted by molar-refractivity contribution is 0.174. The van der Waals surface area contributed by atoms with Gasteiger partial charge in [0.15, 0.2) is 11.5 Å². The van der Waals surface area contributed by atoms with Crippen LogP contribution in [0.5, 0.6) is 11.5 Å². The molecule has 1 unspecified atom stereocenters. The van der Waals surface area contributed by atoms with Crippen LogP contribution in [0.4, 0.5) is 0 Å². The molecule has 2 heterocycles. The summed E-state index contributed by atoms with van der Waals surface area (Å²) < 4.78 is 16.1. The quantitative estimate of drug-likeness (QED) is 0.895. The fraction of sp³-hybridized carbons (Fsp3) is 0.385. The molecule has 100 valence electrons. The molecule has 0 saturated carbocycles. The van der Waals surface area contributed by atoms with Crippen LogP contribution < -0.4 is 15.2 Å². The number of fused-ring (bicyclic) bond motifs is 1. The Balaban J connectivity index is 1.79. The average molecular weight is 261 g/mol. The summed E-state index contributed by atoms with van der Waals surface area (Å²) in [5.74, 6) is 2.70. The fourth-order valence-corrected chi connectivity index (χ4v) is 2.10. The summed E-state index contributed by atoms with van der Waals surface area (Å²) in [7, 11) is 0. The van der Waals surface area contributed by atoms with Gasteiger partial charge in [0.1, 0.15) is 0 Å². The number of hydrogen-bond acceptors (Lipinski definition) is 6. The molecule has 1 aliphatic rings. The van der Waals surface area contributed by atoms with Crippen LogP contribution in [0.2, 0.25) is 0 Å². The van der Waals surface area contributed by atoms with Crippen molar-refractivity contribution in [1.29, 1.82) is 0 Å². The molecular weight excluding hydrogens is 246 g/mol. The molecule has 0 radical (unpaired) electrons. The summed E-state index contributed by atoms with van der Waals surface area (Å²) in [6, 6.07) is 5.87. The van der Waals surface area contributed by atoms with Crippen molar-refractivity contribution in [2.75, 3.05) is 13.3 Å². The fourth-order valence-electron chi connectivity index (χ4n) is 2.10. The number of benzene rings is 1. The van der Waals surface area contributed by atoms with Crippen molar-refractivity contribution in [2.24, 2.45) is 5.73 Å². The van der Waals surface area contributed by atoms with Crippen molar-refractivity contribution in [3.63, 3.8) is 0 Å². The first kappa shape index (κ1) is 12.0. The van der Waals surface area contributed by atoms with Crippen molar-refractivity contribution in [1.82, 2.24) is 10.2 Å². The van der Waals surface area contributed by atoms with Gasteiger partial charge in [0.2, 0.25) is 18.6 Å². The lowest BCUT2D eigenvalue weighted by Gasteiger charge is -2.10. The van der Waals surface area contributed by atoms with Gasteiger partial charge in [-0.25, -0.2) is 0 Å². The molecular formula is C13H15N3O3. The third-order valence-corrected chi connectivity index (χ3v) is 3.09. The van der Waals surface area contributed by atoms with Crippen molar-refractivity contribution >= 4 is 0 Å². The van der Waals surface area contributed by atoms with Crippen molar-refractivity contribution in [3.8, 4) is 11.5 Å². The third-order valence-electron chi connectivity index (χ3n) is 3.09. The number of nitrogens with zero attached hydrogens (tertiary/aromatic N) is 2. The first-order valence-corrected chi connectivity index (χ1v) is 6.15. The molecule has 0 spiro atoms. The van der Waals surface area contributed by atoms with Gasteiger partial charge in [-0.15, -0.1) is 10.2 Å². The third kappa shape index (κ3) is 2.39. The second kappa shape index (κ2) is 4.89. The predicted molar refractivity (Wildman–Crippen MR) is 67.1 cm³/mol. The Morgan fingerprint density at radius 1 is 1.26 bits per heavy atom. The SMILES string of the molecule is Cc1nnc(C(CN)Cc2ccc3c(c2)OCO3)o1. The van der Waals surface area contributed by atoms with E-state index in [0.29, 0.717) is 18.3 Å². The maximum atomic E-state index is 5.79. The lowest BCUT2D eigenvalue weighted by atomic mass is 9.99. The molecule has 0 amide bonds. The van der Waals surface area contributed by atoms with Crippen LogP contribution in [0.3, 0.4) is 0 Å². The molecule has 1 aromatic carbocycles. The van der Waals surface area contributed by atoms with Crippen molar-refractivity contribution in [2.45, 2.75) is 19.3 Å². The second-order valence-electron chi connectivity index (χ2n) is 4.48. The number of ether oxygens (including phenoxy) is 2. The molecule has 3 rings (SSSR count). The summed E-state index contributed by atoms with van der Waals surface area (Å²) in [4.78, 5) is 0. The molecule has 0 saturated heterocycles. The molecule has 0 aliphatic carbocycles. The Bertz CT molecular complexity index is 582. The van der Waals surface area contributed by atoms with E-state index in [1.807, 2.05) is 18.2 Å². The number of rotatable bonds is 4. The lowest BCUT2D eigenvalue weighted by Crippen LogP contribution is -2.15. The highest BCUT2D eigenvalue weighted by Crippen LogP contribution is 2.33. The summed E-state index contributed by atoms with van der Waals surface area (Å²) in [5, 5.41) is 7.87. The number of aromatic nitrogens is 2. The molecule has 6 nitrogen and oxygen atoms in total. The van der Waals surface area contributed by atoms with E-state index in [9.17, 15) is 0 Å². The Morgan fingerprint density at radius 2 is 2.11 bits per heavy atom.